The number of carbonyl (C=O) groups excluding carboxylic acids is 1. The largest absolute Gasteiger partial charge is 0.481 e. The molecule has 0 fully saturated rings. The zero-order valence-corrected chi connectivity index (χ0v) is 16.2. The first kappa shape index (κ1) is 19.8. The van der Waals surface area contributed by atoms with E-state index >= 15 is 0 Å². The van der Waals surface area contributed by atoms with E-state index in [1.54, 1.807) is 36.4 Å². The Morgan fingerprint density at radius 1 is 1.18 bits per heavy atom. The van der Waals surface area contributed by atoms with Gasteiger partial charge in [-0.3, -0.25) is 4.79 Å². The number of aromatic nitrogens is 2. The van der Waals surface area contributed by atoms with Crippen molar-refractivity contribution in [1.82, 2.24) is 15.1 Å². The van der Waals surface area contributed by atoms with Gasteiger partial charge in [0.25, 0.3) is 5.91 Å². The zero-order chi connectivity index (χ0) is 20.1. The molecular formula is C20H19ClFN3O3. The van der Waals surface area contributed by atoms with Gasteiger partial charge in [0, 0.05) is 16.6 Å². The molecule has 0 saturated carbocycles. The van der Waals surface area contributed by atoms with E-state index in [4.69, 9.17) is 20.8 Å². The van der Waals surface area contributed by atoms with Crippen LogP contribution in [0.4, 0.5) is 4.39 Å². The maximum atomic E-state index is 13.6. The molecule has 8 heteroatoms. The predicted octanol–water partition coefficient (Wildman–Crippen LogP) is 4.35. The van der Waals surface area contributed by atoms with Crippen LogP contribution in [0.25, 0.3) is 11.5 Å². The third-order valence-corrected chi connectivity index (χ3v) is 4.25. The Hall–Kier alpha value is -2.93. The van der Waals surface area contributed by atoms with Crippen LogP contribution >= 0.6 is 11.6 Å². The summed E-state index contributed by atoms with van der Waals surface area (Å²) >= 11 is 5.88. The van der Waals surface area contributed by atoms with Crippen LogP contribution in [-0.2, 0) is 11.3 Å². The molecule has 3 aromatic rings. The van der Waals surface area contributed by atoms with E-state index in [9.17, 15) is 9.18 Å². The Morgan fingerprint density at radius 2 is 1.89 bits per heavy atom. The predicted molar refractivity (Wildman–Crippen MR) is 102 cm³/mol. The van der Waals surface area contributed by atoms with Crippen LogP contribution in [0.2, 0.25) is 5.02 Å². The highest BCUT2D eigenvalue weighted by Gasteiger charge is 2.21. The standard InChI is InChI=1S/C20H19ClFN3O3/c1-13(2)25(19(26)12-27-17-6-4-3-5-16(17)22)11-18-23-24-20(28-18)14-7-9-15(21)10-8-14/h3-10,13H,11-12H2,1-2H3. The number of benzene rings is 2. The van der Waals surface area contributed by atoms with E-state index < -0.39 is 5.82 Å². The minimum absolute atomic E-state index is 0.0300. The Morgan fingerprint density at radius 3 is 2.57 bits per heavy atom. The van der Waals surface area contributed by atoms with E-state index in [1.165, 1.54) is 17.0 Å². The van der Waals surface area contributed by atoms with Gasteiger partial charge in [-0.1, -0.05) is 23.7 Å². The van der Waals surface area contributed by atoms with Gasteiger partial charge >= 0.3 is 0 Å². The van der Waals surface area contributed by atoms with Gasteiger partial charge in [0.05, 0.1) is 6.54 Å². The highest BCUT2D eigenvalue weighted by Crippen LogP contribution is 2.21. The molecule has 2 aromatic carbocycles. The Balaban J connectivity index is 1.66. The molecular weight excluding hydrogens is 385 g/mol. The molecule has 1 heterocycles. The second-order valence-corrected chi connectivity index (χ2v) is 6.78. The first-order valence-corrected chi connectivity index (χ1v) is 9.07. The fraction of sp³-hybridized carbons (Fsp3) is 0.250. The van der Waals surface area contributed by atoms with Crippen LogP contribution in [-0.4, -0.2) is 33.7 Å². The molecule has 1 aromatic heterocycles. The van der Waals surface area contributed by atoms with Gasteiger partial charge in [-0.15, -0.1) is 10.2 Å². The van der Waals surface area contributed by atoms with Gasteiger partial charge in [0.1, 0.15) is 0 Å². The maximum absolute atomic E-state index is 13.6. The molecule has 1 amide bonds. The molecule has 0 aliphatic heterocycles. The second kappa shape index (κ2) is 8.84. The van der Waals surface area contributed by atoms with Gasteiger partial charge in [-0.25, -0.2) is 4.39 Å². The summed E-state index contributed by atoms with van der Waals surface area (Å²) < 4.78 is 24.6. The fourth-order valence-electron chi connectivity index (χ4n) is 2.52. The summed E-state index contributed by atoms with van der Waals surface area (Å²) in [7, 11) is 0. The normalized spacial score (nSPS) is 10.9. The van der Waals surface area contributed by atoms with Crippen LogP contribution in [0, 0.1) is 5.82 Å². The SMILES string of the molecule is CC(C)N(Cc1nnc(-c2ccc(Cl)cc2)o1)C(=O)COc1ccccc1F. The van der Waals surface area contributed by atoms with Gasteiger partial charge in [0.2, 0.25) is 11.8 Å². The number of amides is 1. The number of rotatable bonds is 7. The summed E-state index contributed by atoms with van der Waals surface area (Å²) in [6.45, 7) is 3.55. The van der Waals surface area contributed by atoms with Crippen molar-refractivity contribution in [2.75, 3.05) is 6.61 Å². The van der Waals surface area contributed by atoms with Crippen molar-refractivity contribution in [2.45, 2.75) is 26.4 Å². The van der Waals surface area contributed by atoms with Crippen molar-refractivity contribution in [1.29, 1.82) is 0 Å². The smallest absolute Gasteiger partial charge is 0.261 e. The minimum atomic E-state index is -0.518. The van der Waals surface area contributed by atoms with E-state index in [0.717, 1.165) is 5.56 Å². The number of halogens is 2. The fourth-order valence-corrected chi connectivity index (χ4v) is 2.64. The molecule has 28 heavy (non-hydrogen) atoms. The van der Waals surface area contributed by atoms with Crippen molar-refractivity contribution in [2.24, 2.45) is 0 Å². The van der Waals surface area contributed by atoms with Gasteiger partial charge in [-0.2, -0.15) is 0 Å². The Kier molecular flexibility index (Phi) is 6.26. The van der Waals surface area contributed by atoms with E-state index in [-0.39, 0.29) is 36.7 Å². The lowest BCUT2D eigenvalue weighted by Crippen LogP contribution is -2.39. The average Bonchev–Trinajstić information content (AvgIpc) is 3.14. The zero-order valence-electron chi connectivity index (χ0n) is 15.4. The van der Waals surface area contributed by atoms with Gasteiger partial charge in [0.15, 0.2) is 18.2 Å². The van der Waals surface area contributed by atoms with Crippen molar-refractivity contribution in [3.63, 3.8) is 0 Å². The maximum Gasteiger partial charge on any atom is 0.261 e. The summed E-state index contributed by atoms with van der Waals surface area (Å²) in [6, 6.07) is 12.8. The summed E-state index contributed by atoms with van der Waals surface area (Å²) in [6.07, 6.45) is 0. The Labute approximate surface area is 166 Å². The molecule has 0 aliphatic carbocycles. The summed E-state index contributed by atoms with van der Waals surface area (Å²) in [5.41, 5.74) is 0.730. The van der Waals surface area contributed by atoms with Crippen LogP contribution in [0.5, 0.6) is 5.75 Å². The molecule has 0 aliphatic rings. The van der Waals surface area contributed by atoms with E-state index in [1.807, 2.05) is 13.8 Å². The molecule has 0 radical (unpaired) electrons. The third kappa shape index (κ3) is 4.86. The summed E-state index contributed by atoms with van der Waals surface area (Å²) in [5, 5.41) is 8.63. The first-order valence-electron chi connectivity index (χ1n) is 8.69. The van der Waals surface area contributed by atoms with Crippen molar-refractivity contribution >= 4 is 17.5 Å². The van der Waals surface area contributed by atoms with Gasteiger partial charge < -0.3 is 14.1 Å². The third-order valence-electron chi connectivity index (χ3n) is 4.00. The van der Waals surface area contributed by atoms with Crippen LogP contribution in [0.3, 0.4) is 0 Å². The highest BCUT2D eigenvalue weighted by molar-refractivity contribution is 6.30. The van der Waals surface area contributed by atoms with Gasteiger partial charge in [-0.05, 0) is 50.2 Å². The van der Waals surface area contributed by atoms with Crippen LogP contribution < -0.4 is 4.74 Å². The molecule has 6 nitrogen and oxygen atoms in total. The van der Waals surface area contributed by atoms with Crippen molar-refractivity contribution in [3.05, 3.63) is 65.3 Å². The number of hydrogen-bond acceptors (Lipinski definition) is 5. The number of carbonyl (C=O) groups is 1. The molecule has 3 rings (SSSR count). The van der Waals surface area contributed by atoms with Crippen LogP contribution in [0.1, 0.15) is 19.7 Å². The molecule has 0 saturated heterocycles. The Bertz CT molecular complexity index is 944. The average molecular weight is 404 g/mol. The quantitative estimate of drug-likeness (QED) is 0.586. The molecule has 0 spiro atoms. The molecule has 0 bridgehead atoms. The molecule has 0 unspecified atom stereocenters. The lowest BCUT2D eigenvalue weighted by Gasteiger charge is -2.25. The summed E-state index contributed by atoms with van der Waals surface area (Å²) in [5.74, 6) is -0.175. The number of ether oxygens (including phenoxy) is 1. The number of hydrogen-bond donors (Lipinski definition) is 0. The van der Waals surface area contributed by atoms with E-state index in [2.05, 4.69) is 10.2 Å². The number of nitrogens with zero attached hydrogens (tertiary/aromatic N) is 3. The first-order chi connectivity index (χ1) is 13.4. The van der Waals surface area contributed by atoms with Crippen LogP contribution in [0.15, 0.2) is 52.9 Å². The lowest BCUT2D eigenvalue weighted by molar-refractivity contribution is -0.136. The molecule has 0 atom stereocenters. The number of para-hydroxylation sites is 1. The topological polar surface area (TPSA) is 68.5 Å². The second-order valence-electron chi connectivity index (χ2n) is 6.34. The summed E-state index contributed by atoms with van der Waals surface area (Å²) in [4.78, 5) is 14.1. The monoisotopic (exact) mass is 403 g/mol. The lowest BCUT2D eigenvalue weighted by atomic mass is 10.2. The van der Waals surface area contributed by atoms with Crippen molar-refractivity contribution < 1.29 is 18.3 Å². The minimum Gasteiger partial charge on any atom is -0.481 e. The molecule has 0 N–H and O–H groups in total. The highest BCUT2D eigenvalue weighted by atomic mass is 35.5. The van der Waals surface area contributed by atoms with Crippen molar-refractivity contribution in [3.8, 4) is 17.2 Å². The van der Waals surface area contributed by atoms with E-state index in [0.29, 0.717) is 10.9 Å². The molecule has 146 valence electrons.